The molecule has 0 saturated heterocycles. The Morgan fingerprint density at radius 3 is 2.88 bits per heavy atom. The maximum atomic E-state index is 4.34. The van der Waals surface area contributed by atoms with E-state index in [4.69, 9.17) is 0 Å². The van der Waals surface area contributed by atoms with Crippen LogP contribution >= 0.6 is 11.3 Å². The smallest absolute Gasteiger partial charge is 0.0593 e. The van der Waals surface area contributed by atoms with Gasteiger partial charge in [0.2, 0.25) is 0 Å². The molecule has 0 aliphatic heterocycles. The van der Waals surface area contributed by atoms with E-state index in [1.54, 1.807) is 0 Å². The summed E-state index contributed by atoms with van der Waals surface area (Å²) in [6, 6.07) is 4.20. The Hall–Kier alpha value is -1.13. The zero-order valence-electron chi connectivity index (χ0n) is 9.73. The fourth-order valence-electron chi connectivity index (χ4n) is 1.57. The summed E-state index contributed by atoms with van der Waals surface area (Å²) in [4.78, 5) is 1.43. The molecule has 0 bridgehead atoms. The Labute approximate surface area is 100 Å². The second-order valence-electron chi connectivity index (χ2n) is 3.92. The van der Waals surface area contributed by atoms with E-state index in [1.165, 1.54) is 10.4 Å². The number of aromatic nitrogens is 2. The molecule has 2 heterocycles. The number of hydrogen-bond acceptors (Lipinski definition) is 3. The van der Waals surface area contributed by atoms with Crippen LogP contribution in [0.2, 0.25) is 0 Å². The molecule has 2 aromatic rings. The number of aryl methyl sites for hydroxylation is 2. The summed E-state index contributed by atoms with van der Waals surface area (Å²) in [6.07, 6.45) is 2.02. The van der Waals surface area contributed by atoms with Gasteiger partial charge in [0.15, 0.2) is 0 Å². The molecule has 0 spiro atoms. The lowest BCUT2D eigenvalue weighted by atomic mass is 10.3. The van der Waals surface area contributed by atoms with E-state index in [-0.39, 0.29) is 0 Å². The first-order valence-corrected chi connectivity index (χ1v) is 6.37. The molecule has 0 amide bonds. The van der Waals surface area contributed by atoms with Gasteiger partial charge in [-0.3, -0.25) is 4.68 Å². The Balaban J connectivity index is 1.71. The summed E-state index contributed by atoms with van der Waals surface area (Å²) in [7, 11) is 0. The third-order valence-corrected chi connectivity index (χ3v) is 3.57. The van der Waals surface area contributed by atoms with Gasteiger partial charge >= 0.3 is 0 Å². The second kappa shape index (κ2) is 5.27. The van der Waals surface area contributed by atoms with Gasteiger partial charge in [-0.1, -0.05) is 0 Å². The van der Waals surface area contributed by atoms with E-state index >= 15 is 0 Å². The zero-order valence-corrected chi connectivity index (χ0v) is 10.5. The standard InChI is InChI=1S/C12H17N3S/c1-10-4-8-16-12(10)9-13-5-7-15-6-3-11(2)14-15/h3-4,6,8,13H,5,7,9H2,1-2H3. The Bertz CT molecular complexity index is 445. The third kappa shape index (κ3) is 2.93. The van der Waals surface area contributed by atoms with E-state index in [0.29, 0.717) is 0 Å². The van der Waals surface area contributed by atoms with E-state index in [1.807, 2.05) is 35.2 Å². The van der Waals surface area contributed by atoms with Crippen LogP contribution in [0.4, 0.5) is 0 Å². The predicted molar refractivity (Wildman–Crippen MR) is 67.7 cm³/mol. The molecular formula is C12H17N3S. The lowest BCUT2D eigenvalue weighted by Gasteiger charge is -2.04. The summed E-state index contributed by atoms with van der Waals surface area (Å²) in [6.45, 7) is 7.02. The monoisotopic (exact) mass is 235 g/mol. The molecule has 3 nitrogen and oxygen atoms in total. The lowest BCUT2D eigenvalue weighted by molar-refractivity contribution is 0.553. The van der Waals surface area contributed by atoms with Gasteiger partial charge in [-0.05, 0) is 36.9 Å². The highest BCUT2D eigenvalue weighted by molar-refractivity contribution is 7.10. The molecule has 2 rings (SSSR count). The summed E-state index contributed by atoms with van der Waals surface area (Å²) in [5.74, 6) is 0. The van der Waals surface area contributed by atoms with Crippen molar-refractivity contribution in [2.75, 3.05) is 6.54 Å². The van der Waals surface area contributed by atoms with Crippen LogP contribution in [0, 0.1) is 13.8 Å². The number of rotatable bonds is 5. The minimum Gasteiger partial charge on any atom is -0.310 e. The number of nitrogens with one attached hydrogen (secondary N) is 1. The molecule has 0 saturated carbocycles. The van der Waals surface area contributed by atoms with Crippen LogP contribution in [0.1, 0.15) is 16.1 Å². The molecule has 0 aromatic carbocycles. The van der Waals surface area contributed by atoms with Gasteiger partial charge in [0.25, 0.3) is 0 Å². The average molecular weight is 235 g/mol. The summed E-state index contributed by atoms with van der Waals surface area (Å²) < 4.78 is 1.98. The molecule has 0 unspecified atom stereocenters. The number of nitrogens with zero attached hydrogens (tertiary/aromatic N) is 2. The minimum absolute atomic E-state index is 0.929. The van der Waals surface area contributed by atoms with E-state index in [2.05, 4.69) is 28.8 Å². The molecule has 86 valence electrons. The molecule has 0 atom stereocenters. The summed E-state index contributed by atoms with van der Waals surface area (Å²) >= 11 is 1.81. The molecule has 4 heteroatoms. The first kappa shape index (κ1) is 11.4. The van der Waals surface area contributed by atoms with Crippen LogP contribution < -0.4 is 5.32 Å². The average Bonchev–Trinajstić information content (AvgIpc) is 2.83. The van der Waals surface area contributed by atoms with Crippen molar-refractivity contribution in [3.05, 3.63) is 39.8 Å². The fraction of sp³-hybridized carbons (Fsp3) is 0.417. The van der Waals surface area contributed by atoms with Gasteiger partial charge in [-0.25, -0.2) is 0 Å². The van der Waals surface area contributed by atoms with Gasteiger partial charge < -0.3 is 5.32 Å². The van der Waals surface area contributed by atoms with Gasteiger partial charge in [-0.15, -0.1) is 11.3 Å². The third-order valence-electron chi connectivity index (χ3n) is 2.55. The van der Waals surface area contributed by atoms with Crippen molar-refractivity contribution in [3.8, 4) is 0 Å². The van der Waals surface area contributed by atoms with Crippen LogP contribution in [-0.2, 0) is 13.1 Å². The summed E-state index contributed by atoms with van der Waals surface area (Å²) in [5, 5.41) is 9.92. The molecule has 0 radical (unpaired) electrons. The van der Waals surface area contributed by atoms with Crippen LogP contribution in [0.15, 0.2) is 23.7 Å². The molecule has 0 fully saturated rings. The summed E-state index contributed by atoms with van der Waals surface area (Å²) in [5.41, 5.74) is 2.46. The Morgan fingerprint density at radius 2 is 2.25 bits per heavy atom. The Kier molecular flexibility index (Phi) is 3.74. The topological polar surface area (TPSA) is 29.9 Å². The molecule has 0 aliphatic rings. The second-order valence-corrected chi connectivity index (χ2v) is 4.92. The molecule has 1 N–H and O–H groups in total. The SMILES string of the molecule is Cc1ccn(CCNCc2sccc2C)n1. The van der Waals surface area contributed by atoms with Crippen LogP contribution in [0.3, 0.4) is 0 Å². The normalized spacial score (nSPS) is 10.9. The predicted octanol–water partition coefficient (Wildman–Crippen LogP) is 2.35. The van der Waals surface area contributed by atoms with Crippen molar-refractivity contribution in [3.63, 3.8) is 0 Å². The van der Waals surface area contributed by atoms with E-state index < -0.39 is 0 Å². The highest BCUT2D eigenvalue weighted by Crippen LogP contribution is 2.14. The maximum Gasteiger partial charge on any atom is 0.0593 e. The molecule has 0 aliphatic carbocycles. The zero-order chi connectivity index (χ0) is 11.4. The highest BCUT2D eigenvalue weighted by Gasteiger charge is 1.99. The largest absolute Gasteiger partial charge is 0.310 e. The van der Waals surface area contributed by atoms with Crippen LogP contribution in [0.25, 0.3) is 0 Å². The molecular weight excluding hydrogens is 218 g/mol. The quantitative estimate of drug-likeness (QED) is 0.806. The molecule has 16 heavy (non-hydrogen) atoms. The van der Waals surface area contributed by atoms with Gasteiger partial charge in [-0.2, -0.15) is 5.10 Å². The van der Waals surface area contributed by atoms with Gasteiger partial charge in [0.05, 0.1) is 12.2 Å². The van der Waals surface area contributed by atoms with Crippen LogP contribution in [0.5, 0.6) is 0 Å². The Morgan fingerprint density at radius 1 is 1.38 bits per heavy atom. The van der Waals surface area contributed by atoms with Gasteiger partial charge in [0.1, 0.15) is 0 Å². The number of hydrogen-bond donors (Lipinski definition) is 1. The number of thiophene rings is 1. The maximum absolute atomic E-state index is 4.34. The first-order chi connectivity index (χ1) is 7.75. The molecule has 2 aromatic heterocycles. The first-order valence-electron chi connectivity index (χ1n) is 5.49. The highest BCUT2D eigenvalue weighted by atomic mass is 32.1. The van der Waals surface area contributed by atoms with E-state index in [9.17, 15) is 0 Å². The van der Waals surface area contributed by atoms with Crippen molar-refractivity contribution >= 4 is 11.3 Å². The van der Waals surface area contributed by atoms with Crippen LogP contribution in [-0.4, -0.2) is 16.3 Å². The van der Waals surface area contributed by atoms with E-state index in [0.717, 1.165) is 25.3 Å². The van der Waals surface area contributed by atoms with Crippen molar-refractivity contribution < 1.29 is 0 Å². The van der Waals surface area contributed by atoms with Crippen molar-refractivity contribution in [2.45, 2.75) is 26.9 Å². The van der Waals surface area contributed by atoms with Gasteiger partial charge in [0, 0.05) is 24.2 Å². The minimum atomic E-state index is 0.929. The van der Waals surface area contributed by atoms with Crippen molar-refractivity contribution in [2.24, 2.45) is 0 Å². The lowest BCUT2D eigenvalue weighted by Crippen LogP contribution is -2.19. The van der Waals surface area contributed by atoms with Crippen molar-refractivity contribution in [1.82, 2.24) is 15.1 Å². The van der Waals surface area contributed by atoms with Crippen molar-refractivity contribution in [1.29, 1.82) is 0 Å². The fourth-order valence-corrected chi connectivity index (χ4v) is 2.44.